The highest BCUT2D eigenvalue weighted by Gasteiger charge is 2.26. The number of ether oxygens (including phenoxy) is 1. The van der Waals surface area contributed by atoms with Crippen molar-refractivity contribution in [1.82, 2.24) is 20.4 Å². The van der Waals surface area contributed by atoms with Gasteiger partial charge in [-0.05, 0) is 63.0 Å². The van der Waals surface area contributed by atoms with E-state index in [1.165, 1.54) is 6.42 Å². The summed E-state index contributed by atoms with van der Waals surface area (Å²) < 4.78 is 5.19. The van der Waals surface area contributed by atoms with E-state index in [-0.39, 0.29) is 18.3 Å². The Hall–Kier alpha value is -2.05. The number of halogens is 1. The molecule has 1 aromatic heterocycles. The van der Waals surface area contributed by atoms with Crippen molar-refractivity contribution in [3.63, 3.8) is 0 Å². The lowest BCUT2D eigenvalue weighted by atomic mass is 9.93. The predicted molar refractivity (Wildman–Crippen MR) is 105 cm³/mol. The van der Waals surface area contributed by atoms with E-state index in [4.69, 9.17) is 4.74 Å². The van der Waals surface area contributed by atoms with Crippen LogP contribution in [0.4, 0.5) is 0 Å². The van der Waals surface area contributed by atoms with E-state index in [2.05, 4.69) is 15.5 Å². The second-order valence-corrected chi connectivity index (χ2v) is 6.51. The molecule has 6 nitrogen and oxygen atoms in total. The quantitative estimate of drug-likeness (QED) is 0.810. The van der Waals surface area contributed by atoms with Gasteiger partial charge in [0.2, 0.25) is 0 Å². The average Bonchev–Trinajstić information content (AvgIpc) is 3.16. The summed E-state index contributed by atoms with van der Waals surface area (Å²) in [5, 5.41) is 10.3. The van der Waals surface area contributed by atoms with Crippen molar-refractivity contribution >= 4 is 18.3 Å². The zero-order chi connectivity index (χ0) is 17.6. The lowest BCUT2D eigenvalue weighted by molar-refractivity contribution is 0.0688. The third-order valence-electron chi connectivity index (χ3n) is 4.95. The zero-order valence-electron chi connectivity index (χ0n) is 15.3. The van der Waals surface area contributed by atoms with Gasteiger partial charge in [-0.25, -0.2) is 0 Å². The molecule has 1 saturated heterocycles. The number of methoxy groups -OCH3 is 1. The predicted octanol–water partition coefficient (Wildman–Crippen LogP) is 2.97. The van der Waals surface area contributed by atoms with Crippen LogP contribution in [0, 0.1) is 5.92 Å². The molecule has 1 aliphatic heterocycles. The summed E-state index contributed by atoms with van der Waals surface area (Å²) in [4.78, 5) is 14.9. The Morgan fingerprint density at radius 3 is 2.62 bits per heavy atom. The fraction of sp³-hybridized carbons (Fsp3) is 0.474. The number of carbonyl (C=O) groups excluding carboxylic acids is 1. The minimum absolute atomic E-state index is 0. The van der Waals surface area contributed by atoms with E-state index in [9.17, 15) is 4.79 Å². The standard InChI is InChI=1S/C19H26N4O2.ClH/c1-20-10-7-14-8-11-23(12-9-14)19(24)17-13-21-22-18(17)15-3-5-16(25-2)6-4-15;/h3-6,13-14,20H,7-12H2,1-2H3,(H,21,22);1H. The SMILES string of the molecule is CNCCC1CCN(C(=O)c2cn[nH]c2-c2ccc(OC)cc2)CC1.Cl. The Labute approximate surface area is 160 Å². The van der Waals surface area contributed by atoms with Crippen LogP contribution in [0.15, 0.2) is 30.5 Å². The van der Waals surface area contributed by atoms with Gasteiger partial charge >= 0.3 is 0 Å². The fourth-order valence-electron chi connectivity index (χ4n) is 3.37. The Morgan fingerprint density at radius 1 is 1.31 bits per heavy atom. The van der Waals surface area contributed by atoms with Gasteiger partial charge < -0.3 is 15.0 Å². The van der Waals surface area contributed by atoms with E-state index in [1.54, 1.807) is 13.3 Å². The van der Waals surface area contributed by atoms with Crippen LogP contribution in [0.3, 0.4) is 0 Å². The van der Waals surface area contributed by atoms with Crippen LogP contribution >= 0.6 is 12.4 Å². The molecule has 26 heavy (non-hydrogen) atoms. The number of carbonyl (C=O) groups is 1. The monoisotopic (exact) mass is 378 g/mol. The fourth-order valence-corrected chi connectivity index (χ4v) is 3.37. The second kappa shape index (κ2) is 9.59. The van der Waals surface area contributed by atoms with Crippen molar-refractivity contribution < 1.29 is 9.53 Å². The zero-order valence-corrected chi connectivity index (χ0v) is 16.1. The van der Waals surface area contributed by atoms with Crippen molar-refractivity contribution in [2.75, 3.05) is 33.8 Å². The van der Waals surface area contributed by atoms with Crippen molar-refractivity contribution in [2.24, 2.45) is 5.92 Å². The Morgan fingerprint density at radius 2 is 2.00 bits per heavy atom. The van der Waals surface area contributed by atoms with E-state index < -0.39 is 0 Å². The van der Waals surface area contributed by atoms with Gasteiger partial charge in [0, 0.05) is 18.7 Å². The third-order valence-corrected chi connectivity index (χ3v) is 4.95. The van der Waals surface area contributed by atoms with E-state index >= 15 is 0 Å². The summed E-state index contributed by atoms with van der Waals surface area (Å²) in [6, 6.07) is 7.65. The first-order valence-corrected chi connectivity index (χ1v) is 8.84. The molecule has 2 aromatic rings. The molecular formula is C19H27ClN4O2. The Kier molecular flexibility index (Phi) is 7.48. The largest absolute Gasteiger partial charge is 0.497 e. The molecule has 2 N–H and O–H groups in total. The van der Waals surface area contributed by atoms with Gasteiger partial charge in [-0.2, -0.15) is 5.10 Å². The van der Waals surface area contributed by atoms with E-state index in [0.717, 1.165) is 49.5 Å². The molecule has 142 valence electrons. The number of hydrogen-bond acceptors (Lipinski definition) is 4. The van der Waals surface area contributed by atoms with Crippen molar-refractivity contribution in [3.05, 3.63) is 36.0 Å². The highest BCUT2D eigenvalue weighted by molar-refractivity contribution is 5.99. The molecule has 0 aliphatic carbocycles. The number of likely N-dealkylation sites (tertiary alicyclic amines) is 1. The minimum Gasteiger partial charge on any atom is -0.497 e. The summed E-state index contributed by atoms with van der Waals surface area (Å²) in [7, 11) is 3.62. The molecule has 0 bridgehead atoms. The maximum Gasteiger partial charge on any atom is 0.257 e. The lowest BCUT2D eigenvalue weighted by Gasteiger charge is -2.32. The first-order valence-electron chi connectivity index (χ1n) is 8.84. The van der Waals surface area contributed by atoms with Crippen LogP contribution in [0.2, 0.25) is 0 Å². The smallest absolute Gasteiger partial charge is 0.257 e. The van der Waals surface area contributed by atoms with E-state index in [0.29, 0.717) is 11.5 Å². The van der Waals surface area contributed by atoms with Crippen LogP contribution in [0.5, 0.6) is 5.75 Å². The van der Waals surface area contributed by atoms with Gasteiger partial charge in [0.1, 0.15) is 5.75 Å². The molecule has 0 atom stereocenters. The Bertz CT molecular complexity index is 694. The minimum atomic E-state index is 0. The Balaban J connectivity index is 0.00000243. The van der Waals surface area contributed by atoms with Gasteiger partial charge in [-0.15, -0.1) is 12.4 Å². The van der Waals surface area contributed by atoms with Crippen molar-refractivity contribution in [3.8, 4) is 17.0 Å². The number of hydrogen-bond donors (Lipinski definition) is 2. The molecule has 1 fully saturated rings. The summed E-state index contributed by atoms with van der Waals surface area (Å²) in [6.45, 7) is 2.68. The van der Waals surface area contributed by atoms with Crippen LogP contribution in [0.25, 0.3) is 11.3 Å². The summed E-state index contributed by atoms with van der Waals surface area (Å²) in [5.41, 5.74) is 2.34. The molecule has 0 saturated carbocycles. The number of amides is 1. The van der Waals surface area contributed by atoms with Crippen molar-refractivity contribution in [1.29, 1.82) is 0 Å². The number of piperidine rings is 1. The highest BCUT2D eigenvalue weighted by Crippen LogP contribution is 2.27. The molecule has 0 spiro atoms. The summed E-state index contributed by atoms with van der Waals surface area (Å²) in [6.07, 6.45) is 4.96. The third kappa shape index (κ3) is 4.56. The number of nitrogens with one attached hydrogen (secondary N) is 2. The van der Waals surface area contributed by atoms with Crippen LogP contribution in [-0.2, 0) is 0 Å². The van der Waals surface area contributed by atoms with E-state index in [1.807, 2.05) is 36.2 Å². The number of rotatable bonds is 6. The molecule has 2 heterocycles. The molecule has 0 unspecified atom stereocenters. The van der Waals surface area contributed by atoms with Crippen LogP contribution in [-0.4, -0.2) is 54.8 Å². The van der Waals surface area contributed by atoms with Gasteiger partial charge in [0.15, 0.2) is 0 Å². The molecule has 1 aliphatic rings. The number of H-pyrrole nitrogens is 1. The lowest BCUT2D eigenvalue weighted by Crippen LogP contribution is -2.39. The maximum absolute atomic E-state index is 12.9. The first kappa shape index (κ1) is 20.3. The highest BCUT2D eigenvalue weighted by atomic mass is 35.5. The summed E-state index contributed by atoms with van der Waals surface area (Å²) in [5.74, 6) is 1.56. The van der Waals surface area contributed by atoms with Gasteiger partial charge in [0.25, 0.3) is 5.91 Å². The second-order valence-electron chi connectivity index (χ2n) is 6.51. The van der Waals surface area contributed by atoms with Gasteiger partial charge in [-0.3, -0.25) is 9.89 Å². The molecule has 1 amide bonds. The summed E-state index contributed by atoms with van der Waals surface area (Å²) >= 11 is 0. The number of aromatic amines is 1. The normalized spacial score (nSPS) is 14.8. The van der Waals surface area contributed by atoms with Crippen LogP contribution in [0.1, 0.15) is 29.6 Å². The molecule has 0 radical (unpaired) electrons. The molecule has 1 aromatic carbocycles. The molecule has 7 heteroatoms. The topological polar surface area (TPSA) is 70.2 Å². The number of nitrogens with zero attached hydrogens (tertiary/aromatic N) is 2. The van der Waals surface area contributed by atoms with Crippen LogP contribution < -0.4 is 10.1 Å². The maximum atomic E-state index is 12.9. The van der Waals surface area contributed by atoms with Gasteiger partial charge in [-0.1, -0.05) is 0 Å². The average molecular weight is 379 g/mol. The number of aromatic nitrogens is 2. The van der Waals surface area contributed by atoms with Crippen molar-refractivity contribution in [2.45, 2.75) is 19.3 Å². The van der Waals surface area contributed by atoms with Gasteiger partial charge in [0.05, 0.1) is 24.6 Å². The first-order chi connectivity index (χ1) is 12.2. The number of benzene rings is 1. The molecular weight excluding hydrogens is 352 g/mol. The molecule has 3 rings (SSSR count).